The first-order chi connectivity index (χ1) is 15.3. The molecule has 9 heteroatoms. The third kappa shape index (κ3) is 6.84. The van der Waals surface area contributed by atoms with E-state index in [4.69, 9.17) is 9.15 Å². The van der Waals surface area contributed by atoms with Crippen LogP contribution in [0.25, 0.3) is 0 Å². The Labute approximate surface area is 188 Å². The minimum Gasteiger partial charge on any atom is -0.497 e. The average molecular weight is 445 g/mol. The highest BCUT2D eigenvalue weighted by molar-refractivity contribution is 5.98. The summed E-state index contributed by atoms with van der Waals surface area (Å²) in [6.07, 6.45) is 0. The van der Waals surface area contributed by atoms with Crippen molar-refractivity contribution in [1.29, 1.82) is 0 Å². The van der Waals surface area contributed by atoms with E-state index in [9.17, 15) is 14.4 Å². The molecule has 0 radical (unpaired) electrons. The van der Waals surface area contributed by atoms with E-state index in [1.54, 1.807) is 50.2 Å². The molecule has 1 heterocycles. The van der Waals surface area contributed by atoms with Crippen LogP contribution in [0.5, 0.6) is 5.75 Å². The van der Waals surface area contributed by atoms with Crippen molar-refractivity contribution in [2.24, 2.45) is 5.92 Å². The number of ether oxygens (including phenoxy) is 1. The molecule has 0 aliphatic carbocycles. The number of hydrazine groups is 1. The lowest BCUT2D eigenvalue weighted by Crippen LogP contribution is -2.54. The van der Waals surface area contributed by atoms with Crippen LogP contribution in [0.3, 0.4) is 0 Å². The quantitative estimate of drug-likeness (QED) is 0.485. The molecule has 0 aliphatic rings. The Hall–Kier alpha value is -3.33. The number of rotatable bonds is 10. The second-order valence-corrected chi connectivity index (χ2v) is 7.59. The largest absolute Gasteiger partial charge is 0.497 e. The molecule has 0 saturated heterocycles. The van der Waals surface area contributed by atoms with Gasteiger partial charge in [0.2, 0.25) is 0 Å². The summed E-state index contributed by atoms with van der Waals surface area (Å²) in [5.74, 6) is -0.343. The summed E-state index contributed by atoms with van der Waals surface area (Å²) in [4.78, 5) is 39.6. The van der Waals surface area contributed by atoms with E-state index in [1.807, 2.05) is 13.8 Å². The van der Waals surface area contributed by atoms with Crippen LogP contribution in [0.4, 0.5) is 0 Å². The van der Waals surface area contributed by atoms with Crippen molar-refractivity contribution in [3.8, 4) is 5.75 Å². The second kappa shape index (κ2) is 11.9. The van der Waals surface area contributed by atoms with Gasteiger partial charge in [0.05, 0.1) is 13.7 Å². The number of amides is 3. The van der Waals surface area contributed by atoms with Crippen LogP contribution < -0.4 is 20.9 Å². The zero-order valence-corrected chi connectivity index (χ0v) is 19.2. The van der Waals surface area contributed by atoms with E-state index >= 15 is 0 Å². The first-order valence-electron chi connectivity index (χ1n) is 10.6. The number of carbonyl (C=O) groups excluding carboxylic acids is 3. The molecule has 174 valence electrons. The predicted octanol–water partition coefficient (Wildman–Crippen LogP) is 2.35. The number of nitrogens with zero attached hydrogens (tertiary/aromatic N) is 1. The Kier molecular flexibility index (Phi) is 9.27. The third-order valence-corrected chi connectivity index (χ3v) is 5.05. The molecule has 2 rings (SSSR count). The minimum atomic E-state index is -0.847. The third-order valence-electron chi connectivity index (χ3n) is 5.05. The summed E-state index contributed by atoms with van der Waals surface area (Å²) in [6, 6.07) is 9.00. The SMILES string of the molecule is CCN(CC)Cc1ccc(C(=O)NNC(=O)C(NC(=O)c2ccc(OC)cc2)C(C)C)o1. The number of benzene rings is 1. The standard InChI is InChI=1S/C23H32N4O5/c1-6-27(7-2)14-18-12-13-19(32-18)22(29)25-26-23(30)20(15(3)4)24-21(28)16-8-10-17(31-5)11-9-16/h8-13,15,20H,6-7,14H2,1-5H3,(H,24,28)(H,25,29)(H,26,30). The molecule has 1 unspecified atom stereocenters. The number of nitrogens with one attached hydrogen (secondary N) is 3. The second-order valence-electron chi connectivity index (χ2n) is 7.59. The molecule has 9 nitrogen and oxygen atoms in total. The lowest BCUT2D eigenvalue weighted by molar-refractivity contribution is -0.124. The van der Waals surface area contributed by atoms with Crippen LogP contribution in [-0.2, 0) is 11.3 Å². The minimum absolute atomic E-state index is 0.0934. The highest BCUT2D eigenvalue weighted by atomic mass is 16.5. The van der Waals surface area contributed by atoms with Crippen LogP contribution in [0, 0.1) is 5.92 Å². The Morgan fingerprint density at radius 3 is 2.19 bits per heavy atom. The smallest absolute Gasteiger partial charge is 0.305 e. The zero-order valence-electron chi connectivity index (χ0n) is 19.2. The first-order valence-corrected chi connectivity index (χ1v) is 10.6. The van der Waals surface area contributed by atoms with Crippen LogP contribution in [0.15, 0.2) is 40.8 Å². The molecule has 0 saturated carbocycles. The van der Waals surface area contributed by atoms with E-state index < -0.39 is 23.8 Å². The Bertz CT molecular complexity index is 903. The van der Waals surface area contributed by atoms with Crippen molar-refractivity contribution < 1.29 is 23.5 Å². The number of furan rings is 1. The lowest BCUT2D eigenvalue weighted by Gasteiger charge is -2.21. The van der Waals surface area contributed by atoms with Crippen LogP contribution >= 0.6 is 0 Å². The summed E-state index contributed by atoms with van der Waals surface area (Å²) in [6.45, 7) is 10.0. The molecule has 3 N–H and O–H groups in total. The molecule has 0 aliphatic heterocycles. The molecule has 32 heavy (non-hydrogen) atoms. The van der Waals surface area contributed by atoms with Crippen molar-refractivity contribution in [1.82, 2.24) is 21.1 Å². The molecule has 3 amide bonds. The fourth-order valence-electron chi connectivity index (χ4n) is 3.01. The number of hydrogen-bond acceptors (Lipinski definition) is 6. The average Bonchev–Trinajstić information content (AvgIpc) is 3.27. The number of hydrogen-bond donors (Lipinski definition) is 3. The Balaban J connectivity index is 1.94. The lowest BCUT2D eigenvalue weighted by atomic mass is 10.0. The van der Waals surface area contributed by atoms with Gasteiger partial charge in [-0.1, -0.05) is 27.7 Å². The van der Waals surface area contributed by atoms with Crippen molar-refractivity contribution in [2.45, 2.75) is 40.3 Å². The topological polar surface area (TPSA) is 113 Å². The number of methoxy groups -OCH3 is 1. The molecule has 1 aromatic heterocycles. The van der Waals surface area contributed by atoms with Gasteiger partial charge in [-0.25, -0.2) is 0 Å². The van der Waals surface area contributed by atoms with E-state index in [-0.39, 0.29) is 11.7 Å². The van der Waals surface area contributed by atoms with Gasteiger partial charge in [-0.15, -0.1) is 0 Å². The van der Waals surface area contributed by atoms with E-state index in [0.717, 1.165) is 13.1 Å². The fraction of sp³-hybridized carbons (Fsp3) is 0.435. The zero-order chi connectivity index (χ0) is 23.7. The molecular weight excluding hydrogens is 412 g/mol. The van der Waals surface area contributed by atoms with Gasteiger partial charge in [0.25, 0.3) is 11.8 Å². The number of carbonyl (C=O) groups is 3. The molecular formula is C23H32N4O5. The van der Waals surface area contributed by atoms with Crippen molar-refractivity contribution >= 4 is 17.7 Å². The monoisotopic (exact) mass is 444 g/mol. The summed E-state index contributed by atoms with van der Waals surface area (Å²) in [7, 11) is 1.54. The molecule has 2 aromatic rings. The summed E-state index contributed by atoms with van der Waals surface area (Å²) >= 11 is 0. The molecule has 0 spiro atoms. The molecule has 0 fully saturated rings. The summed E-state index contributed by atoms with van der Waals surface area (Å²) in [5.41, 5.74) is 5.10. The van der Waals surface area contributed by atoms with Gasteiger partial charge in [0.15, 0.2) is 5.76 Å². The normalized spacial score (nSPS) is 11.8. The van der Waals surface area contributed by atoms with Crippen molar-refractivity contribution in [3.63, 3.8) is 0 Å². The Morgan fingerprint density at radius 1 is 0.969 bits per heavy atom. The summed E-state index contributed by atoms with van der Waals surface area (Å²) < 4.78 is 10.7. The van der Waals surface area contributed by atoms with Gasteiger partial charge in [0.1, 0.15) is 17.6 Å². The highest BCUT2D eigenvalue weighted by Gasteiger charge is 2.25. The van der Waals surface area contributed by atoms with Crippen LogP contribution in [-0.4, -0.2) is 48.9 Å². The molecule has 0 bridgehead atoms. The van der Waals surface area contributed by atoms with Crippen LogP contribution in [0.2, 0.25) is 0 Å². The van der Waals surface area contributed by atoms with Gasteiger partial charge < -0.3 is 14.5 Å². The maximum Gasteiger partial charge on any atom is 0.305 e. The Morgan fingerprint density at radius 2 is 1.62 bits per heavy atom. The molecule has 1 atom stereocenters. The molecule has 1 aromatic carbocycles. The van der Waals surface area contributed by atoms with Gasteiger partial charge >= 0.3 is 5.91 Å². The van der Waals surface area contributed by atoms with Gasteiger partial charge in [-0.2, -0.15) is 0 Å². The van der Waals surface area contributed by atoms with E-state index in [0.29, 0.717) is 23.6 Å². The van der Waals surface area contributed by atoms with E-state index in [2.05, 4.69) is 21.1 Å². The van der Waals surface area contributed by atoms with Gasteiger partial charge in [0, 0.05) is 5.56 Å². The highest BCUT2D eigenvalue weighted by Crippen LogP contribution is 2.13. The van der Waals surface area contributed by atoms with Crippen LogP contribution in [0.1, 0.15) is 54.4 Å². The van der Waals surface area contributed by atoms with Gasteiger partial charge in [-0.3, -0.25) is 30.1 Å². The predicted molar refractivity (Wildman–Crippen MR) is 120 cm³/mol. The first kappa shape index (κ1) is 24.9. The maximum absolute atomic E-state index is 12.6. The van der Waals surface area contributed by atoms with E-state index in [1.165, 1.54) is 7.11 Å². The fourth-order valence-corrected chi connectivity index (χ4v) is 3.01. The van der Waals surface area contributed by atoms with Gasteiger partial charge in [-0.05, 0) is 55.4 Å². The maximum atomic E-state index is 12.6. The van der Waals surface area contributed by atoms with Crippen molar-refractivity contribution in [3.05, 3.63) is 53.5 Å². The summed E-state index contributed by atoms with van der Waals surface area (Å²) in [5, 5.41) is 2.70. The van der Waals surface area contributed by atoms with Crippen molar-refractivity contribution in [2.75, 3.05) is 20.2 Å².